The van der Waals surface area contributed by atoms with Crippen molar-refractivity contribution in [3.63, 3.8) is 0 Å². The number of carbonyl (C=O) groups excluding carboxylic acids is 2. The molecule has 0 aliphatic rings. The molecule has 1 amide bonds. The third-order valence-electron chi connectivity index (χ3n) is 7.44. The number of amides is 1. The van der Waals surface area contributed by atoms with E-state index in [4.69, 9.17) is 14.2 Å². The summed E-state index contributed by atoms with van der Waals surface area (Å²) < 4.78 is 15.8. The molecule has 0 saturated carbocycles. The fourth-order valence-corrected chi connectivity index (χ4v) is 6.59. The first kappa shape index (κ1) is 33.6. The van der Waals surface area contributed by atoms with E-state index in [1.165, 1.54) is 23.8 Å². The predicted molar refractivity (Wildman–Crippen MR) is 181 cm³/mol. The number of hydrogen-bond acceptors (Lipinski definition) is 6. The average molecular weight is 624 g/mol. The molecule has 45 heavy (non-hydrogen) atoms. The number of methoxy groups -OCH3 is 2. The van der Waals surface area contributed by atoms with Gasteiger partial charge in [0.1, 0.15) is 11.8 Å². The van der Waals surface area contributed by atoms with Crippen molar-refractivity contribution < 1.29 is 23.8 Å². The fraction of sp³-hybridized carbons (Fsp3) is 0.263. The van der Waals surface area contributed by atoms with E-state index >= 15 is 0 Å². The number of benzene rings is 4. The Hall–Kier alpha value is -4.33. The van der Waals surface area contributed by atoms with Gasteiger partial charge in [-0.05, 0) is 53.5 Å². The lowest BCUT2D eigenvalue weighted by atomic mass is 9.84. The highest BCUT2D eigenvalue weighted by Gasteiger charge is 2.36. The van der Waals surface area contributed by atoms with Gasteiger partial charge in [-0.25, -0.2) is 4.79 Å². The third kappa shape index (κ3) is 9.33. The van der Waals surface area contributed by atoms with Gasteiger partial charge in [0.05, 0.1) is 38.1 Å². The van der Waals surface area contributed by atoms with Gasteiger partial charge < -0.3 is 19.5 Å². The maximum Gasteiger partial charge on any atom is 0.328 e. The lowest BCUT2D eigenvalue weighted by molar-refractivity contribution is -0.144. The smallest absolute Gasteiger partial charge is 0.328 e. The van der Waals surface area contributed by atoms with Crippen LogP contribution in [0, 0.1) is 0 Å². The predicted octanol–water partition coefficient (Wildman–Crippen LogP) is 7.32. The molecule has 4 rings (SSSR count). The summed E-state index contributed by atoms with van der Waals surface area (Å²) in [7, 11) is 2.93. The molecule has 4 aromatic rings. The Kier molecular flexibility index (Phi) is 12.9. The van der Waals surface area contributed by atoms with Gasteiger partial charge in [0.15, 0.2) is 0 Å². The van der Waals surface area contributed by atoms with E-state index in [-0.39, 0.29) is 12.3 Å². The van der Waals surface area contributed by atoms with Gasteiger partial charge in [0.25, 0.3) is 0 Å². The summed E-state index contributed by atoms with van der Waals surface area (Å²) in [5.41, 5.74) is 4.61. The highest BCUT2D eigenvalue weighted by Crippen LogP contribution is 2.48. The van der Waals surface area contributed by atoms with Crippen LogP contribution in [0.4, 0.5) is 0 Å². The molecule has 234 valence electrons. The molecule has 0 spiro atoms. The van der Waals surface area contributed by atoms with Crippen molar-refractivity contribution in [3.05, 3.63) is 150 Å². The Morgan fingerprint density at radius 3 is 1.82 bits per heavy atom. The summed E-state index contributed by atoms with van der Waals surface area (Å²) in [5, 5.41) is 2.70. The summed E-state index contributed by atoms with van der Waals surface area (Å²) >= 11 is 1.89. The first-order valence-electron chi connectivity index (χ1n) is 15.0. The van der Waals surface area contributed by atoms with E-state index in [0.717, 1.165) is 23.5 Å². The molecule has 7 heteroatoms. The zero-order valence-corrected chi connectivity index (χ0v) is 26.9. The molecule has 2 atom stereocenters. The van der Waals surface area contributed by atoms with Crippen LogP contribution in [-0.2, 0) is 30.4 Å². The molecule has 0 saturated heterocycles. The van der Waals surface area contributed by atoms with Crippen molar-refractivity contribution in [2.24, 2.45) is 0 Å². The van der Waals surface area contributed by atoms with E-state index in [9.17, 15) is 9.59 Å². The highest BCUT2D eigenvalue weighted by atomic mass is 32.2. The van der Waals surface area contributed by atoms with E-state index < -0.39 is 22.9 Å². The number of esters is 1. The summed E-state index contributed by atoms with van der Waals surface area (Å²) in [5.74, 6) is 0.807. The summed E-state index contributed by atoms with van der Waals surface area (Å²) in [4.78, 5) is 24.7. The number of nitrogens with one attached hydrogen (secondary N) is 1. The molecule has 6 nitrogen and oxygen atoms in total. The minimum atomic E-state index is -0.743. The largest absolute Gasteiger partial charge is 0.497 e. The van der Waals surface area contributed by atoms with E-state index in [1.54, 1.807) is 14.0 Å². The summed E-state index contributed by atoms with van der Waals surface area (Å²) in [6, 6.07) is 38.7. The minimum absolute atomic E-state index is 0.0725. The van der Waals surface area contributed by atoms with Crippen LogP contribution in [0.3, 0.4) is 0 Å². The average Bonchev–Trinajstić information content (AvgIpc) is 3.09. The number of rotatable bonds is 16. The minimum Gasteiger partial charge on any atom is -0.497 e. The molecule has 0 bridgehead atoms. The van der Waals surface area contributed by atoms with Crippen molar-refractivity contribution in [1.82, 2.24) is 5.32 Å². The first-order chi connectivity index (χ1) is 22.0. The SMILES string of the molecule is COC(=O)[C@@H](C)NC(=O)C[C@@H](/C=C/CCSC(c1ccccc1)(c1ccccc1)c1ccccc1)OCc1ccc(OC)cc1. The molecule has 0 aromatic heterocycles. The summed E-state index contributed by atoms with van der Waals surface area (Å²) in [6.45, 7) is 1.93. The van der Waals surface area contributed by atoms with E-state index in [1.807, 2.05) is 60.3 Å². The van der Waals surface area contributed by atoms with Gasteiger partial charge in [-0.15, -0.1) is 11.8 Å². The quantitative estimate of drug-likeness (QED) is 0.0610. The number of hydrogen-bond donors (Lipinski definition) is 1. The van der Waals surface area contributed by atoms with Crippen molar-refractivity contribution in [3.8, 4) is 5.75 Å². The summed E-state index contributed by atoms with van der Waals surface area (Å²) in [6.07, 6.45) is 4.38. The van der Waals surface area contributed by atoms with Crippen LogP contribution >= 0.6 is 11.8 Å². The van der Waals surface area contributed by atoms with Crippen LogP contribution in [0.1, 0.15) is 42.0 Å². The van der Waals surface area contributed by atoms with E-state index in [2.05, 4.69) is 84.2 Å². The standard InChI is InChI=1S/C38H41NO5S/c1-29(37(41)43-3)39-36(40)27-35(44-28-30-22-24-34(42-2)25-23-30)21-13-14-26-45-38(31-15-7-4-8-16-31,32-17-9-5-10-18-32)33-19-11-6-12-20-33/h4-13,15-25,29,35H,14,26-28H2,1-3H3,(H,39,40)/b21-13+/t29-,35-/m1/s1. The monoisotopic (exact) mass is 623 g/mol. The Bertz CT molecular complexity index is 1400. The number of thioether (sulfide) groups is 1. The second kappa shape index (κ2) is 17.2. The molecule has 4 aromatic carbocycles. The maximum atomic E-state index is 12.8. The molecule has 0 radical (unpaired) electrons. The van der Waals surface area contributed by atoms with Gasteiger partial charge in [0, 0.05) is 0 Å². The van der Waals surface area contributed by atoms with Crippen LogP contribution in [0.25, 0.3) is 0 Å². The zero-order chi connectivity index (χ0) is 31.9. The first-order valence-corrected chi connectivity index (χ1v) is 16.0. The Labute approximate surface area is 270 Å². The fourth-order valence-electron chi connectivity index (χ4n) is 5.12. The molecule has 0 fully saturated rings. The topological polar surface area (TPSA) is 73.9 Å². The lowest BCUT2D eigenvalue weighted by Crippen LogP contribution is -2.40. The molecule has 0 unspecified atom stereocenters. The van der Waals surface area contributed by atoms with Gasteiger partial charge in [-0.3, -0.25) is 4.79 Å². The number of ether oxygens (including phenoxy) is 3. The van der Waals surface area contributed by atoms with Gasteiger partial charge >= 0.3 is 5.97 Å². The second-order valence-corrected chi connectivity index (χ2v) is 11.9. The Morgan fingerprint density at radius 2 is 1.33 bits per heavy atom. The number of allylic oxidation sites excluding steroid dienone is 1. The molecular formula is C38H41NO5S. The van der Waals surface area contributed by atoms with Crippen LogP contribution in [0.2, 0.25) is 0 Å². The van der Waals surface area contributed by atoms with Crippen molar-refractivity contribution in [2.45, 2.75) is 43.3 Å². The van der Waals surface area contributed by atoms with Gasteiger partial charge in [0.2, 0.25) is 5.91 Å². The molecular weight excluding hydrogens is 582 g/mol. The molecule has 0 heterocycles. The van der Waals surface area contributed by atoms with Gasteiger partial charge in [-0.1, -0.05) is 115 Å². The van der Waals surface area contributed by atoms with E-state index in [0.29, 0.717) is 6.61 Å². The second-order valence-electron chi connectivity index (χ2n) is 10.6. The van der Waals surface area contributed by atoms with Crippen LogP contribution < -0.4 is 10.1 Å². The Morgan fingerprint density at radius 1 is 0.800 bits per heavy atom. The third-order valence-corrected chi connectivity index (χ3v) is 9.02. The molecule has 0 aliphatic heterocycles. The normalized spacial score (nSPS) is 12.8. The van der Waals surface area contributed by atoms with Crippen molar-refractivity contribution in [1.29, 1.82) is 0 Å². The van der Waals surface area contributed by atoms with Crippen LogP contribution in [0.15, 0.2) is 127 Å². The zero-order valence-electron chi connectivity index (χ0n) is 26.1. The molecule has 0 aliphatic carbocycles. The Balaban J connectivity index is 1.50. The molecule has 1 N–H and O–H groups in total. The van der Waals surface area contributed by atoms with Gasteiger partial charge in [-0.2, -0.15) is 0 Å². The lowest BCUT2D eigenvalue weighted by Gasteiger charge is -2.35. The van der Waals surface area contributed by atoms with Crippen LogP contribution in [-0.4, -0.2) is 44.0 Å². The van der Waals surface area contributed by atoms with Crippen molar-refractivity contribution in [2.75, 3.05) is 20.0 Å². The highest BCUT2D eigenvalue weighted by molar-refractivity contribution is 8.00. The number of carbonyl (C=O) groups is 2. The maximum absolute atomic E-state index is 12.8. The van der Waals surface area contributed by atoms with Crippen molar-refractivity contribution >= 4 is 23.6 Å². The van der Waals surface area contributed by atoms with Crippen LogP contribution in [0.5, 0.6) is 5.75 Å².